The first-order chi connectivity index (χ1) is 10.9. The normalized spacial score (nSPS) is 28.4. The van der Waals surface area contributed by atoms with Crippen LogP contribution in [0.25, 0.3) is 5.52 Å². The van der Waals surface area contributed by atoms with E-state index in [2.05, 4.69) is 24.3 Å². The lowest BCUT2D eigenvalue weighted by atomic mass is 9.45. The van der Waals surface area contributed by atoms with Crippen molar-refractivity contribution in [1.29, 1.82) is 0 Å². The summed E-state index contributed by atoms with van der Waals surface area (Å²) in [5.41, 5.74) is 3.22. The van der Waals surface area contributed by atoms with Crippen LogP contribution in [-0.4, -0.2) is 15.5 Å². The Bertz CT molecular complexity index is 759. The Hall–Kier alpha value is -1.84. The lowest BCUT2D eigenvalue weighted by Crippen LogP contribution is -2.52. The van der Waals surface area contributed by atoms with Crippen LogP contribution in [0.2, 0.25) is 0 Å². The van der Waals surface area contributed by atoms with Crippen LogP contribution in [0.3, 0.4) is 0 Å². The number of amides is 1. The number of anilines is 1. The molecule has 2 aromatic rings. The highest BCUT2D eigenvalue weighted by molar-refractivity contribution is 5.95. The van der Waals surface area contributed by atoms with Gasteiger partial charge in [-0.25, -0.2) is 4.52 Å². The van der Waals surface area contributed by atoms with Crippen LogP contribution in [-0.2, 0) is 4.79 Å². The average molecular weight is 311 g/mol. The molecule has 2 bridgehead atoms. The number of fused-ring (bicyclic) bond motifs is 3. The van der Waals surface area contributed by atoms with Gasteiger partial charge in [0.05, 0.1) is 16.9 Å². The SMILES string of the molecule is Cc1cc2c(NC(=O)C[C@H]3CC[C@@H]4C[C@H]3C4(C)C)cccn2n1. The molecular formula is C19H25N3O. The van der Waals surface area contributed by atoms with Crippen LogP contribution >= 0.6 is 0 Å². The van der Waals surface area contributed by atoms with Gasteiger partial charge < -0.3 is 5.32 Å². The van der Waals surface area contributed by atoms with Gasteiger partial charge in [0.15, 0.2) is 0 Å². The molecule has 5 rings (SSSR count). The lowest BCUT2D eigenvalue weighted by molar-refractivity contribution is -0.128. The molecule has 3 saturated carbocycles. The molecule has 4 nitrogen and oxygen atoms in total. The summed E-state index contributed by atoms with van der Waals surface area (Å²) < 4.78 is 1.82. The summed E-state index contributed by atoms with van der Waals surface area (Å²) in [6, 6.07) is 5.89. The molecule has 1 N–H and O–H groups in total. The molecular weight excluding hydrogens is 286 g/mol. The number of carbonyl (C=O) groups is 1. The molecule has 3 fully saturated rings. The van der Waals surface area contributed by atoms with E-state index >= 15 is 0 Å². The maximum Gasteiger partial charge on any atom is 0.224 e. The third-order valence-corrected chi connectivity index (χ3v) is 6.35. The van der Waals surface area contributed by atoms with Crippen molar-refractivity contribution in [1.82, 2.24) is 9.61 Å². The van der Waals surface area contributed by atoms with E-state index in [0.717, 1.165) is 28.7 Å². The van der Waals surface area contributed by atoms with Crippen LogP contribution in [0.5, 0.6) is 0 Å². The van der Waals surface area contributed by atoms with E-state index in [4.69, 9.17) is 0 Å². The summed E-state index contributed by atoms with van der Waals surface area (Å²) in [7, 11) is 0. The maximum atomic E-state index is 12.6. The Labute approximate surface area is 137 Å². The van der Waals surface area contributed by atoms with Gasteiger partial charge in [-0.15, -0.1) is 0 Å². The lowest BCUT2D eigenvalue weighted by Gasteiger charge is -2.60. The van der Waals surface area contributed by atoms with Crippen molar-refractivity contribution >= 4 is 17.1 Å². The average Bonchev–Trinajstić information content (AvgIpc) is 2.88. The highest BCUT2D eigenvalue weighted by Gasteiger charge is 2.54. The van der Waals surface area contributed by atoms with Crippen molar-refractivity contribution in [3.05, 3.63) is 30.1 Å². The van der Waals surface area contributed by atoms with E-state index in [1.807, 2.05) is 35.8 Å². The Morgan fingerprint density at radius 1 is 1.43 bits per heavy atom. The zero-order valence-electron chi connectivity index (χ0n) is 14.2. The molecule has 0 aliphatic heterocycles. The van der Waals surface area contributed by atoms with Gasteiger partial charge in [0, 0.05) is 12.6 Å². The number of hydrogen-bond acceptors (Lipinski definition) is 2. The van der Waals surface area contributed by atoms with Crippen molar-refractivity contribution in [3.63, 3.8) is 0 Å². The van der Waals surface area contributed by atoms with Crippen LogP contribution in [0.15, 0.2) is 24.4 Å². The van der Waals surface area contributed by atoms with Gasteiger partial charge in [-0.1, -0.05) is 13.8 Å². The number of nitrogens with one attached hydrogen (secondary N) is 1. The first kappa shape index (κ1) is 14.7. The fourth-order valence-electron chi connectivity index (χ4n) is 4.89. The number of carbonyl (C=O) groups excluding carboxylic acids is 1. The van der Waals surface area contributed by atoms with Crippen molar-refractivity contribution in [2.45, 2.75) is 46.5 Å². The highest BCUT2D eigenvalue weighted by atomic mass is 16.1. The molecule has 0 aromatic carbocycles. The van der Waals surface area contributed by atoms with E-state index < -0.39 is 0 Å². The van der Waals surface area contributed by atoms with E-state index in [1.165, 1.54) is 19.3 Å². The third-order valence-electron chi connectivity index (χ3n) is 6.35. The minimum absolute atomic E-state index is 0.142. The predicted molar refractivity (Wildman–Crippen MR) is 91.3 cm³/mol. The van der Waals surface area contributed by atoms with Gasteiger partial charge >= 0.3 is 0 Å². The fourth-order valence-corrected chi connectivity index (χ4v) is 4.89. The molecule has 3 atom stereocenters. The number of aromatic nitrogens is 2. The highest BCUT2D eigenvalue weighted by Crippen LogP contribution is 2.61. The molecule has 3 aliphatic rings. The van der Waals surface area contributed by atoms with E-state index in [9.17, 15) is 4.79 Å². The molecule has 23 heavy (non-hydrogen) atoms. The third kappa shape index (κ3) is 2.35. The minimum Gasteiger partial charge on any atom is -0.324 e. The van der Waals surface area contributed by atoms with Gasteiger partial charge in [0.2, 0.25) is 5.91 Å². The van der Waals surface area contributed by atoms with Crippen molar-refractivity contribution in [3.8, 4) is 0 Å². The van der Waals surface area contributed by atoms with Gasteiger partial charge in [-0.2, -0.15) is 5.10 Å². The minimum atomic E-state index is 0.142. The van der Waals surface area contributed by atoms with Crippen molar-refractivity contribution < 1.29 is 4.79 Å². The van der Waals surface area contributed by atoms with E-state index in [-0.39, 0.29) is 5.91 Å². The molecule has 0 unspecified atom stereocenters. The van der Waals surface area contributed by atoms with Crippen molar-refractivity contribution in [2.24, 2.45) is 23.2 Å². The molecule has 0 saturated heterocycles. The Morgan fingerprint density at radius 3 is 3.00 bits per heavy atom. The molecule has 3 aliphatic carbocycles. The van der Waals surface area contributed by atoms with Crippen LogP contribution in [0.1, 0.15) is 45.2 Å². The molecule has 1 amide bonds. The maximum absolute atomic E-state index is 12.6. The van der Waals surface area contributed by atoms with Crippen molar-refractivity contribution in [2.75, 3.05) is 5.32 Å². The van der Waals surface area contributed by atoms with Gasteiger partial charge in [-0.3, -0.25) is 4.79 Å². The first-order valence-electron chi connectivity index (χ1n) is 8.70. The van der Waals surface area contributed by atoms with E-state index in [0.29, 0.717) is 17.8 Å². The topological polar surface area (TPSA) is 46.4 Å². The largest absolute Gasteiger partial charge is 0.324 e. The Kier molecular flexibility index (Phi) is 3.26. The summed E-state index contributed by atoms with van der Waals surface area (Å²) in [6.07, 6.45) is 6.38. The summed E-state index contributed by atoms with van der Waals surface area (Å²) in [5, 5.41) is 7.51. The summed E-state index contributed by atoms with van der Waals surface area (Å²) in [4.78, 5) is 12.6. The Morgan fingerprint density at radius 2 is 2.26 bits per heavy atom. The molecule has 0 radical (unpaired) electrons. The molecule has 122 valence electrons. The fraction of sp³-hybridized carbons (Fsp3) is 0.579. The van der Waals surface area contributed by atoms with Gasteiger partial charge in [0.25, 0.3) is 0 Å². The summed E-state index contributed by atoms with van der Waals surface area (Å²) >= 11 is 0. The van der Waals surface area contributed by atoms with Crippen LogP contribution < -0.4 is 5.32 Å². The first-order valence-corrected chi connectivity index (χ1v) is 8.70. The number of hydrogen-bond donors (Lipinski definition) is 1. The second-order valence-corrected chi connectivity index (χ2v) is 7.99. The number of rotatable bonds is 3. The number of nitrogens with zero attached hydrogens (tertiary/aromatic N) is 2. The zero-order chi connectivity index (χ0) is 16.2. The monoisotopic (exact) mass is 311 g/mol. The quantitative estimate of drug-likeness (QED) is 0.929. The second kappa shape index (κ2) is 5.08. The summed E-state index contributed by atoms with van der Waals surface area (Å²) in [6.45, 7) is 6.73. The van der Waals surface area contributed by atoms with Gasteiger partial charge in [-0.05, 0) is 67.6 Å². The Balaban J connectivity index is 1.47. The number of pyridine rings is 1. The molecule has 2 heterocycles. The predicted octanol–water partition coefficient (Wildman–Crippen LogP) is 4.04. The second-order valence-electron chi connectivity index (χ2n) is 7.99. The van der Waals surface area contributed by atoms with Gasteiger partial charge in [0.1, 0.15) is 0 Å². The van der Waals surface area contributed by atoms with E-state index in [1.54, 1.807) is 0 Å². The molecule has 4 heteroatoms. The standard InChI is InChI=1S/C19H25N3O/c1-12-9-17-16(5-4-8-22(17)21-12)20-18(23)10-13-6-7-14-11-15(13)19(14,2)3/h4-5,8-9,13-15H,6-7,10-11H2,1-3H3,(H,20,23)/t13-,14-,15-/m1/s1. The van der Waals surface area contributed by atoms with Crippen LogP contribution in [0, 0.1) is 30.1 Å². The molecule has 2 aromatic heterocycles. The molecule has 0 spiro atoms. The smallest absolute Gasteiger partial charge is 0.224 e. The number of aryl methyl sites for hydroxylation is 1. The van der Waals surface area contributed by atoms with Crippen LogP contribution in [0.4, 0.5) is 5.69 Å². The summed E-state index contributed by atoms with van der Waals surface area (Å²) in [5.74, 6) is 2.29. The zero-order valence-corrected chi connectivity index (χ0v) is 14.2.